The summed E-state index contributed by atoms with van der Waals surface area (Å²) in [4.78, 5) is 0. The van der Waals surface area contributed by atoms with Gasteiger partial charge in [0.2, 0.25) is 11.7 Å². The minimum absolute atomic E-state index is 0.208. The topological polar surface area (TPSA) is 70.5 Å². The van der Waals surface area contributed by atoms with Crippen LogP contribution < -0.4 is 5.73 Å². The van der Waals surface area contributed by atoms with E-state index >= 15 is 0 Å². The lowest BCUT2D eigenvalue weighted by molar-refractivity contribution is -0.187. The van der Waals surface area contributed by atoms with Crippen molar-refractivity contribution in [2.24, 2.45) is 0 Å². The van der Waals surface area contributed by atoms with Gasteiger partial charge in [-0.15, -0.1) is 0 Å². The van der Waals surface area contributed by atoms with Crippen molar-refractivity contribution in [1.82, 2.24) is 5.16 Å². The van der Waals surface area contributed by atoms with E-state index in [2.05, 4.69) is 17.3 Å². The first-order valence-electron chi connectivity index (χ1n) is 7.18. The van der Waals surface area contributed by atoms with Gasteiger partial charge < -0.3 is 19.7 Å². The molecule has 2 N–H and O–H groups in total. The van der Waals surface area contributed by atoms with Crippen LogP contribution in [0.2, 0.25) is 0 Å². The summed E-state index contributed by atoms with van der Waals surface area (Å²) < 4.78 is 16.2. The number of aromatic nitrogens is 1. The highest BCUT2D eigenvalue weighted by Gasteiger charge is 2.38. The minimum atomic E-state index is -1.16. The van der Waals surface area contributed by atoms with Crippen molar-refractivity contribution in [3.8, 4) is 11.1 Å². The Balaban J connectivity index is 2.01. The lowest BCUT2D eigenvalue weighted by Crippen LogP contribution is -2.32. The standard InChI is InChI=1S/C18H18N2O3/c1-21-18(22-2,16-12-17(19)23-20-16)15-10-8-14(9-11-15)13-6-4-3-5-7-13/h3-12H,19H2,1-2H3. The molecule has 0 radical (unpaired) electrons. The molecule has 0 atom stereocenters. The van der Waals surface area contributed by atoms with Gasteiger partial charge in [0.25, 0.3) is 0 Å². The monoisotopic (exact) mass is 310 g/mol. The van der Waals surface area contributed by atoms with Gasteiger partial charge in [-0.2, -0.15) is 0 Å². The number of anilines is 1. The molecule has 0 fully saturated rings. The zero-order chi connectivity index (χ0) is 16.3. The zero-order valence-corrected chi connectivity index (χ0v) is 13.0. The van der Waals surface area contributed by atoms with Gasteiger partial charge in [0.05, 0.1) is 0 Å². The second kappa shape index (κ2) is 6.24. The Morgan fingerprint density at radius 3 is 2.04 bits per heavy atom. The molecule has 5 heteroatoms. The first-order valence-corrected chi connectivity index (χ1v) is 7.18. The summed E-state index contributed by atoms with van der Waals surface area (Å²) in [5, 5.41) is 3.94. The van der Waals surface area contributed by atoms with E-state index in [-0.39, 0.29) is 5.88 Å². The van der Waals surface area contributed by atoms with Crippen LogP contribution in [-0.4, -0.2) is 19.4 Å². The van der Waals surface area contributed by atoms with Crippen LogP contribution in [0.5, 0.6) is 0 Å². The Morgan fingerprint density at radius 1 is 0.913 bits per heavy atom. The first kappa shape index (κ1) is 15.3. The van der Waals surface area contributed by atoms with E-state index in [1.165, 1.54) is 0 Å². The summed E-state index contributed by atoms with van der Waals surface area (Å²) in [6.07, 6.45) is 0. The molecule has 0 aliphatic heterocycles. The number of rotatable bonds is 5. The van der Waals surface area contributed by atoms with Gasteiger partial charge in [-0.05, 0) is 11.1 Å². The lowest BCUT2D eigenvalue weighted by Gasteiger charge is -2.29. The van der Waals surface area contributed by atoms with Gasteiger partial charge in [-0.3, -0.25) is 0 Å². The highest BCUT2D eigenvalue weighted by molar-refractivity contribution is 5.63. The van der Waals surface area contributed by atoms with Gasteiger partial charge in [-0.25, -0.2) is 0 Å². The molecule has 2 aromatic carbocycles. The summed E-state index contributed by atoms with van der Waals surface area (Å²) in [5.41, 5.74) is 9.14. The van der Waals surface area contributed by atoms with E-state index in [1.54, 1.807) is 20.3 Å². The third-order valence-corrected chi connectivity index (χ3v) is 3.81. The fourth-order valence-electron chi connectivity index (χ4n) is 2.63. The van der Waals surface area contributed by atoms with Crippen molar-refractivity contribution in [2.45, 2.75) is 5.79 Å². The predicted octanol–water partition coefficient (Wildman–Crippen LogP) is 3.42. The number of nitrogen functional groups attached to an aromatic ring is 1. The van der Waals surface area contributed by atoms with Crippen molar-refractivity contribution in [1.29, 1.82) is 0 Å². The molecule has 0 bridgehead atoms. The summed E-state index contributed by atoms with van der Waals surface area (Å²) in [7, 11) is 3.11. The van der Waals surface area contributed by atoms with Gasteiger partial charge in [-0.1, -0.05) is 59.8 Å². The molecular formula is C18H18N2O3. The number of ether oxygens (including phenoxy) is 2. The van der Waals surface area contributed by atoms with Crippen LogP contribution >= 0.6 is 0 Å². The quantitative estimate of drug-likeness (QED) is 0.731. The van der Waals surface area contributed by atoms with E-state index in [0.29, 0.717) is 5.69 Å². The normalized spacial score (nSPS) is 11.6. The molecule has 23 heavy (non-hydrogen) atoms. The largest absolute Gasteiger partial charge is 0.368 e. The molecule has 118 valence electrons. The highest BCUT2D eigenvalue weighted by Crippen LogP contribution is 2.35. The molecule has 1 heterocycles. The lowest BCUT2D eigenvalue weighted by atomic mass is 9.98. The summed E-state index contributed by atoms with van der Waals surface area (Å²) in [5.74, 6) is -0.949. The van der Waals surface area contributed by atoms with Crippen LogP contribution in [0, 0.1) is 0 Å². The van der Waals surface area contributed by atoms with Gasteiger partial charge >= 0.3 is 0 Å². The van der Waals surface area contributed by atoms with Crippen molar-refractivity contribution in [3.05, 3.63) is 71.9 Å². The fourth-order valence-corrected chi connectivity index (χ4v) is 2.63. The number of benzene rings is 2. The molecule has 0 aliphatic rings. The van der Waals surface area contributed by atoms with Gasteiger partial charge in [0.1, 0.15) is 5.69 Å². The molecule has 5 nitrogen and oxygen atoms in total. The van der Waals surface area contributed by atoms with Crippen LogP contribution in [0.4, 0.5) is 5.88 Å². The number of methoxy groups -OCH3 is 2. The maximum atomic E-state index is 5.62. The average molecular weight is 310 g/mol. The Hall–Kier alpha value is -2.63. The molecule has 1 aromatic heterocycles. The summed E-state index contributed by atoms with van der Waals surface area (Å²) in [6, 6.07) is 19.7. The molecule has 0 saturated carbocycles. The van der Waals surface area contributed by atoms with E-state index in [0.717, 1.165) is 16.7 Å². The Bertz CT molecular complexity index is 762. The molecule has 0 aliphatic carbocycles. The maximum absolute atomic E-state index is 5.62. The van der Waals surface area contributed by atoms with Crippen LogP contribution in [0.3, 0.4) is 0 Å². The first-order chi connectivity index (χ1) is 11.2. The fraction of sp³-hybridized carbons (Fsp3) is 0.167. The smallest absolute Gasteiger partial charge is 0.242 e. The Labute approximate surface area is 134 Å². The molecule has 0 spiro atoms. The maximum Gasteiger partial charge on any atom is 0.242 e. The van der Waals surface area contributed by atoms with E-state index in [4.69, 9.17) is 19.7 Å². The van der Waals surface area contributed by atoms with Crippen LogP contribution in [0.25, 0.3) is 11.1 Å². The van der Waals surface area contributed by atoms with Crippen LogP contribution in [0.1, 0.15) is 11.3 Å². The SMILES string of the molecule is COC(OC)(c1ccc(-c2ccccc2)cc1)c1cc(N)on1. The second-order valence-corrected chi connectivity index (χ2v) is 5.08. The van der Waals surface area contributed by atoms with Crippen molar-refractivity contribution in [3.63, 3.8) is 0 Å². The molecule has 0 unspecified atom stereocenters. The Kier molecular flexibility index (Phi) is 4.14. The average Bonchev–Trinajstić information content (AvgIpc) is 3.05. The van der Waals surface area contributed by atoms with Crippen molar-refractivity contribution in [2.75, 3.05) is 20.0 Å². The van der Waals surface area contributed by atoms with Gasteiger partial charge in [0.15, 0.2) is 0 Å². The molecule has 0 saturated heterocycles. The number of nitrogens with zero attached hydrogens (tertiary/aromatic N) is 1. The molecular weight excluding hydrogens is 292 g/mol. The van der Waals surface area contributed by atoms with E-state index in [9.17, 15) is 0 Å². The molecule has 0 amide bonds. The van der Waals surface area contributed by atoms with Crippen molar-refractivity contribution < 1.29 is 14.0 Å². The van der Waals surface area contributed by atoms with Gasteiger partial charge in [0, 0.05) is 25.8 Å². The number of nitrogens with two attached hydrogens (primary N) is 1. The minimum Gasteiger partial charge on any atom is -0.368 e. The summed E-state index contributed by atoms with van der Waals surface area (Å²) >= 11 is 0. The van der Waals surface area contributed by atoms with E-state index in [1.807, 2.05) is 42.5 Å². The number of hydrogen-bond donors (Lipinski definition) is 1. The van der Waals surface area contributed by atoms with Crippen molar-refractivity contribution >= 4 is 5.88 Å². The van der Waals surface area contributed by atoms with Crippen LogP contribution in [0.15, 0.2) is 65.2 Å². The van der Waals surface area contributed by atoms with Crippen LogP contribution in [-0.2, 0) is 15.3 Å². The molecule has 3 aromatic rings. The zero-order valence-electron chi connectivity index (χ0n) is 13.0. The highest BCUT2D eigenvalue weighted by atomic mass is 16.7. The number of hydrogen-bond acceptors (Lipinski definition) is 5. The second-order valence-electron chi connectivity index (χ2n) is 5.08. The Morgan fingerprint density at radius 2 is 1.52 bits per heavy atom. The van der Waals surface area contributed by atoms with E-state index < -0.39 is 5.79 Å². The molecule has 3 rings (SSSR count). The predicted molar refractivity (Wildman–Crippen MR) is 87.6 cm³/mol. The third kappa shape index (κ3) is 2.72. The summed E-state index contributed by atoms with van der Waals surface area (Å²) in [6.45, 7) is 0. The third-order valence-electron chi connectivity index (χ3n) is 3.81.